The first-order valence-electron chi connectivity index (χ1n) is 7.95. The van der Waals surface area contributed by atoms with Crippen LogP contribution in [0.15, 0.2) is 48.5 Å². The predicted octanol–water partition coefficient (Wildman–Crippen LogP) is 3.10. The van der Waals surface area contributed by atoms with Crippen LogP contribution in [0.1, 0.15) is 23.6 Å². The molecule has 0 radical (unpaired) electrons. The molecule has 0 aliphatic rings. The lowest BCUT2D eigenvalue weighted by atomic mass is 10.2. The second-order valence-corrected chi connectivity index (χ2v) is 8.58. The Hall–Kier alpha value is -2.21. The minimum Gasteiger partial charge on any atom is -0.340 e. The molecule has 25 heavy (non-hydrogen) atoms. The molecule has 134 valence electrons. The summed E-state index contributed by atoms with van der Waals surface area (Å²) >= 11 is 0. The fourth-order valence-electron chi connectivity index (χ4n) is 2.61. The zero-order chi connectivity index (χ0) is 18.6. The number of carbonyl (C=O) groups excluding carboxylic acids is 1. The highest BCUT2D eigenvalue weighted by Crippen LogP contribution is 2.15. The van der Waals surface area contributed by atoms with Gasteiger partial charge in [0.15, 0.2) is 9.84 Å². The molecule has 0 aliphatic heterocycles. The van der Waals surface area contributed by atoms with Crippen molar-refractivity contribution in [2.45, 2.75) is 31.4 Å². The van der Waals surface area contributed by atoms with Crippen molar-refractivity contribution in [3.63, 3.8) is 0 Å². The third-order valence-corrected chi connectivity index (χ3v) is 6.04. The van der Waals surface area contributed by atoms with Gasteiger partial charge in [-0.2, -0.15) is 0 Å². The van der Waals surface area contributed by atoms with Gasteiger partial charge in [-0.1, -0.05) is 42.0 Å². The highest BCUT2D eigenvalue weighted by molar-refractivity contribution is 7.92. The summed E-state index contributed by atoms with van der Waals surface area (Å²) in [6.45, 7) is 3.44. The number of halogens is 1. The molecule has 0 heterocycles. The van der Waals surface area contributed by atoms with Gasteiger partial charge in [-0.05, 0) is 37.1 Å². The molecule has 0 fully saturated rings. The zero-order valence-corrected chi connectivity index (χ0v) is 15.4. The SMILES string of the molecule is Cc1cccc(CS(=O)(=O)[C@@H](C)C(=O)N(C)Cc2cccc(F)c2)c1. The smallest absolute Gasteiger partial charge is 0.240 e. The van der Waals surface area contributed by atoms with Crippen molar-refractivity contribution in [2.24, 2.45) is 0 Å². The van der Waals surface area contributed by atoms with Gasteiger partial charge < -0.3 is 4.90 Å². The maximum Gasteiger partial charge on any atom is 0.240 e. The van der Waals surface area contributed by atoms with E-state index < -0.39 is 26.8 Å². The first-order valence-corrected chi connectivity index (χ1v) is 9.67. The summed E-state index contributed by atoms with van der Waals surface area (Å²) in [5.41, 5.74) is 2.24. The monoisotopic (exact) mass is 363 g/mol. The number of rotatable bonds is 6. The van der Waals surface area contributed by atoms with Crippen molar-refractivity contribution in [2.75, 3.05) is 7.05 Å². The van der Waals surface area contributed by atoms with E-state index in [0.29, 0.717) is 11.1 Å². The van der Waals surface area contributed by atoms with Gasteiger partial charge in [0.05, 0.1) is 5.75 Å². The van der Waals surface area contributed by atoms with Crippen molar-refractivity contribution in [1.29, 1.82) is 0 Å². The highest BCUT2D eigenvalue weighted by atomic mass is 32.2. The van der Waals surface area contributed by atoms with E-state index in [1.165, 1.54) is 31.0 Å². The van der Waals surface area contributed by atoms with Gasteiger partial charge >= 0.3 is 0 Å². The Bertz CT molecular complexity index is 864. The molecule has 0 saturated carbocycles. The van der Waals surface area contributed by atoms with Crippen LogP contribution in [0.4, 0.5) is 4.39 Å². The first kappa shape index (κ1) is 19.1. The number of carbonyl (C=O) groups is 1. The molecular weight excluding hydrogens is 341 g/mol. The lowest BCUT2D eigenvalue weighted by Crippen LogP contribution is -2.39. The summed E-state index contributed by atoms with van der Waals surface area (Å²) in [6.07, 6.45) is 0. The number of benzene rings is 2. The molecule has 0 spiro atoms. The Labute approximate surface area is 148 Å². The molecule has 0 unspecified atom stereocenters. The summed E-state index contributed by atoms with van der Waals surface area (Å²) in [5, 5.41) is -1.16. The second-order valence-electron chi connectivity index (χ2n) is 6.26. The fourth-order valence-corrected chi connectivity index (χ4v) is 3.99. The Morgan fingerprint density at radius 1 is 1.12 bits per heavy atom. The van der Waals surface area contributed by atoms with Crippen molar-refractivity contribution < 1.29 is 17.6 Å². The molecule has 0 N–H and O–H groups in total. The number of aryl methyl sites for hydroxylation is 1. The molecule has 0 aliphatic carbocycles. The Kier molecular flexibility index (Phi) is 5.95. The van der Waals surface area contributed by atoms with Crippen molar-refractivity contribution >= 4 is 15.7 Å². The van der Waals surface area contributed by atoms with E-state index in [9.17, 15) is 17.6 Å². The summed E-state index contributed by atoms with van der Waals surface area (Å²) < 4.78 is 38.4. The van der Waals surface area contributed by atoms with E-state index >= 15 is 0 Å². The van der Waals surface area contributed by atoms with E-state index in [1.807, 2.05) is 13.0 Å². The molecular formula is C19H22FNO3S. The molecule has 2 aromatic carbocycles. The van der Waals surface area contributed by atoms with Crippen LogP contribution in [0.5, 0.6) is 0 Å². The van der Waals surface area contributed by atoms with Crippen LogP contribution in [-0.4, -0.2) is 31.5 Å². The van der Waals surface area contributed by atoms with Crippen LogP contribution in [0.3, 0.4) is 0 Å². The van der Waals surface area contributed by atoms with Gasteiger partial charge in [-0.15, -0.1) is 0 Å². The predicted molar refractivity (Wildman–Crippen MR) is 96.1 cm³/mol. The van der Waals surface area contributed by atoms with E-state index in [0.717, 1.165) is 5.56 Å². The molecule has 0 saturated heterocycles. The molecule has 6 heteroatoms. The lowest BCUT2D eigenvalue weighted by molar-refractivity contribution is -0.129. The molecule has 2 aromatic rings. The summed E-state index contributed by atoms with van der Waals surface area (Å²) in [7, 11) is -2.12. The molecule has 0 bridgehead atoms. The van der Waals surface area contributed by atoms with E-state index in [2.05, 4.69) is 0 Å². The lowest BCUT2D eigenvalue weighted by Gasteiger charge is -2.22. The average molecular weight is 363 g/mol. The third kappa shape index (κ3) is 5.13. The largest absolute Gasteiger partial charge is 0.340 e. The van der Waals surface area contributed by atoms with Crippen LogP contribution in [-0.2, 0) is 26.9 Å². The van der Waals surface area contributed by atoms with Crippen molar-refractivity contribution in [3.05, 3.63) is 71.0 Å². The van der Waals surface area contributed by atoms with Crippen molar-refractivity contribution in [3.8, 4) is 0 Å². The maximum absolute atomic E-state index is 13.2. The van der Waals surface area contributed by atoms with Crippen LogP contribution >= 0.6 is 0 Å². The quantitative estimate of drug-likeness (QED) is 0.792. The van der Waals surface area contributed by atoms with Gasteiger partial charge in [0, 0.05) is 13.6 Å². The second kappa shape index (κ2) is 7.78. The molecule has 2 rings (SSSR count). The number of nitrogens with zero attached hydrogens (tertiary/aromatic N) is 1. The summed E-state index contributed by atoms with van der Waals surface area (Å²) in [5.74, 6) is -1.08. The van der Waals surface area contributed by atoms with Crippen LogP contribution in [0, 0.1) is 12.7 Å². The summed E-state index contributed by atoms with van der Waals surface area (Å²) in [6, 6.07) is 13.1. The molecule has 4 nitrogen and oxygen atoms in total. The van der Waals surface area contributed by atoms with E-state index in [-0.39, 0.29) is 12.3 Å². The maximum atomic E-state index is 13.2. The number of sulfone groups is 1. The van der Waals surface area contributed by atoms with Gasteiger partial charge in [0.25, 0.3) is 0 Å². The number of amides is 1. The van der Waals surface area contributed by atoms with Gasteiger partial charge in [0.2, 0.25) is 5.91 Å². The molecule has 0 aromatic heterocycles. The van der Waals surface area contributed by atoms with Gasteiger partial charge in [0.1, 0.15) is 11.1 Å². The molecule has 1 atom stereocenters. The van der Waals surface area contributed by atoms with Crippen LogP contribution in [0.2, 0.25) is 0 Å². The Morgan fingerprint density at radius 3 is 2.40 bits per heavy atom. The summed E-state index contributed by atoms with van der Waals surface area (Å²) in [4.78, 5) is 13.8. The third-order valence-electron chi connectivity index (χ3n) is 4.02. The van der Waals surface area contributed by atoms with Gasteiger partial charge in [-0.3, -0.25) is 4.79 Å². The van der Waals surface area contributed by atoms with Crippen molar-refractivity contribution in [1.82, 2.24) is 4.90 Å². The first-order chi connectivity index (χ1) is 11.7. The minimum atomic E-state index is -3.64. The molecule has 1 amide bonds. The highest BCUT2D eigenvalue weighted by Gasteiger charge is 2.30. The van der Waals surface area contributed by atoms with E-state index in [4.69, 9.17) is 0 Å². The topological polar surface area (TPSA) is 54.5 Å². The standard InChI is InChI=1S/C19H22FNO3S/c1-14-6-4-8-17(10-14)13-25(23,24)15(2)19(22)21(3)12-16-7-5-9-18(20)11-16/h4-11,15H,12-13H2,1-3H3/t15-/m0/s1. The van der Waals surface area contributed by atoms with Crippen LogP contribution < -0.4 is 0 Å². The average Bonchev–Trinajstić information content (AvgIpc) is 2.53. The normalized spacial score (nSPS) is 12.6. The Morgan fingerprint density at radius 2 is 1.76 bits per heavy atom. The fraction of sp³-hybridized carbons (Fsp3) is 0.316. The minimum absolute atomic E-state index is 0.154. The van der Waals surface area contributed by atoms with Crippen LogP contribution in [0.25, 0.3) is 0 Å². The zero-order valence-electron chi connectivity index (χ0n) is 14.6. The number of hydrogen-bond donors (Lipinski definition) is 0. The Balaban J connectivity index is 2.09. The number of hydrogen-bond acceptors (Lipinski definition) is 3. The van der Waals surface area contributed by atoms with E-state index in [1.54, 1.807) is 30.3 Å². The van der Waals surface area contributed by atoms with Gasteiger partial charge in [-0.25, -0.2) is 12.8 Å².